The van der Waals surface area contributed by atoms with Gasteiger partial charge in [0.15, 0.2) is 0 Å². The summed E-state index contributed by atoms with van der Waals surface area (Å²) in [6, 6.07) is 16.6. The van der Waals surface area contributed by atoms with Crippen LogP contribution in [0.5, 0.6) is 11.5 Å². The standard InChI is InChI=1S/C49H57N8O14P3/c1-4-55-22-9-13-31-24-37-41(26-39(31)55)69-42-27-40-32(14-10-23-56(40)5-2)25-38(42)46(37)35-15-6-7-16-36(35)49(59)54(3)21-11-17-43(58)51-20-8-12-33-28-57(48-45(33)47(50)52-30-53-48)44-19-18-34(68-44)29-67-73(63,64)71-74(65,66)70-72(60,61)62/h6-7,15-16,24-28,30,34,44H,4-5,9-11,13-14,17-23,29H2,1-3H3,(H6-,50,51,52,53,58,60,61,62,63,64,65,66)/p+1/t34-,44+/m0/s1. The summed E-state index contributed by atoms with van der Waals surface area (Å²) in [4.78, 5) is 76.9. The van der Waals surface area contributed by atoms with Crippen LogP contribution in [0.1, 0.15) is 96.8 Å². The number of aryl methyl sites for hydroxylation is 2. The molecule has 0 radical (unpaired) electrons. The Hall–Kier alpha value is -5.78. The van der Waals surface area contributed by atoms with Crippen molar-refractivity contribution in [3.8, 4) is 23.3 Å². The van der Waals surface area contributed by atoms with Gasteiger partial charge in [0.25, 0.3) is 5.91 Å². The first kappa shape index (κ1) is 53.1. The minimum Gasteiger partial charge on any atom is -0.456 e. The molecule has 0 aliphatic carbocycles. The molecule has 25 heteroatoms. The molecule has 1 saturated heterocycles. The van der Waals surface area contributed by atoms with E-state index < -0.39 is 42.4 Å². The molecule has 22 nitrogen and oxygen atoms in total. The van der Waals surface area contributed by atoms with Gasteiger partial charge in [-0.2, -0.15) is 8.62 Å². The number of fused-ring (bicyclic) bond motifs is 5. The lowest BCUT2D eigenvalue weighted by atomic mass is 9.86. The molecule has 0 spiro atoms. The Kier molecular flexibility index (Phi) is 15.6. The van der Waals surface area contributed by atoms with Crippen LogP contribution in [0.25, 0.3) is 16.6 Å². The predicted octanol–water partition coefficient (Wildman–Crippen LogP) is 4.64. The lowest BCUT2D eigenvalue weighted by Gasteiger charge is -2.33. The van der Waals surface area contributed by atoms with E-state index in [9.17, 15) is 33.1 Å². The van der Waals surface area contributed by atoms with Crippen LogP contribution in [0.2, 0.25) is 0 Å². The van der Waals surface area contributed by atoms with Gasteiger partial charge < -0.3 is 54.5 Å². The molecule has 4 atom stereocenters. The van der Waals surface area contributed by atoms with Gasteiger partial charge in [0, 0.05) is 85.0 Å². The molecule has 0 bridgehead atoms. The maximum absolute atomic E-state index is 14.5. The highest BCUT2D eigenvalue weighted by atomic mass is 31.3. The van der Waals surface area contributed by atoms with Gasteiger partial charge >= 0.3 is 23.5 Å². The summed E-state index contributed by atoms with van der Waals surface area (Å²) in [6.07, 6.45) is 6.58. The molecular weight excluding hydrogens is 1020 g/mol. The monoisotopic (exact) mass is 1080 g/mol. The summed E-state index contributed by atoms with van der Waals surface area (Å²) in [5.74, 6) is 7.23. The second kappa shape index (κ2) is 21.8. The van der Waals surface area contributed by atoms with Crippen LogP contribution in [0.4, 0.5) is 11.5 Å². The van der Waals surface area contributed by atoms with Crippen LogP contribution < -0.4 is 35.8 Å². The number of amides is 2. The molecule has 74 heavy (non-hydrogen) atoms. The third kappa shape index (κ3) is 11.7. The molecule has 0 saturated carbocycles. The number of carbonyl (C=O) groups is 2. The number of nitrogen functional groups attached to an aromatic ring is 1. The van der Waals surface area contributed by atoms with Crippen LogP contribution in [-0.4, -0.2) is 110 Å². The summed E-state index contributed by atoms with van der Waals surface area (Å²) in [5.41, 5.74) is 14.1. The predicted molar refractivity (Wildman–Crippen MR) is 272 cm³/mol. The number of nitrogens with one attached hydrogen (secondary N) is 1. The fourth-order valence-corrected chi connectivity index (χ4v) is 13.2. The maximum atomic E-state index is 14.5. The van der Waals surface area contributed by atoms with E-state index in [1.165, 1.54) is 28.5 Å². The molecule has 2 unspecified atom stereocenters. The van der Waals surface area contributed by atoms with E-state index in [1.807, 2.05) is 24.3 Å². The normalized spacial score (nSPS) is 18.7. The van der Waals surface area contributed by atoms with E-state index in [-0.39, 0.29) is 37.0 Å². The number of carbonyl (C=O) groups excluding carboxylic acids is 2. The first-order valence-corrected chi connectivity index (χ1v) is 28.9. The van der Waals surface area contributed by atoms with Gasteiger partial charge in [-0.25, -0.2) is 28.2 Å². The summed E-state index contributed by atoms with van der Waals surface area (Å²) < 4.78 is 64.1. The van der Waals surface area contributed by atoms with Gasteiger partial charge in [-0.1, -0.05) is 30.0 Å². The Morgan fingerprint density at radius 3 is 2.55 bits per heavy atom. The van der Waals surface area contributed by atoms with Gasteiger partial charge in [0.05, 0.1) is 36.3 Å². The Morgan fingerprint density at radius 1 is 0.973 bits per heavy atom. The van der Waals surface area contributed by atoms with Crippen molar-refractivity contribution in [3.63, 3.8) is 0 Å². The van der Waals surface area contributed by atoms with E-state index in [0.717, 1.165) is 85.3 Å². The van der Waals surface area contributed by atoms with Crippen molar-refractivity contribution in [3.05, 3.63) is 105 Å². The summed E-state index contributed by atoms with van der Waals surface area (Å²) in [7, 11) is -14.8. The summed E-state index contributed by atoms with van der Waals surface area (Å²) >= 11 is 0. The number of rotatable bonds is 17. The van der Waals surface area contributed by atoms with Crippen LogP contribution >= 0.6 is 23.5 Å². The van der Waals surface area contributed by atoms with Gasteiger partial charge in [-0.3, -0.25) is 14.1 Å². The van der Waals surface area contributed by atoms with E-state index >= 15 is 0 Å². The third-order valence-electron chi connectivity index (χ3n) is 13.5. The topological polar surface area (TPSA) is 291 Å². The SMILES string of the molecule is CCN1CCCc2cc3c(cc21)Oc1cc2c(cc1=C3c1ccccc1C(=O)N(C)CCCC(=O)NCC#Cc1cn([C@H]3CC[C@@H](COP(=O)(O)OP(=O)(O)OP(=O)(O)O)O3)c3ncnc(N)c13)CCC[N+]=2CC. The molecular formula is C49H58N8O14P3+. The molecule has 392 valence electrons. The molecule has 2 amide bonds. The highest BCUT2D eigenvalue weighted by Gasteiger charge is 2.42. The number of nitrogens with zero attached hydrogens (tertiary/aromatic N) is 6. The van der Waals surface area contributed by atoms with Crippen LogP contribution in [0.15, 0.2) is 61.1 Å². The second-order valence-corrected chi connectivity index (χ2v) is 22.8. The van der Waals surface area contributed by atoms with Crippen molar-refractivity contribution in [2.24, 2.45) is 0 Å². The van der Waals surface area contributed by atoms with Crippen molar-refractivity contribution in [2.45, 2.75) is 77.5 Å². The highest BCUT2D eigenvalue weighted by Crippen LogP contribution is 2.66. The number of ether oxygens (including phenoxy) is 2. The zero-order chi connectivity index (χ0) is 52.5. The number of aromatic nitrogens is 3. The Morgan fingerprint density at radius 2 is 1.77 bits per heavy atom. The minimum atomic E-state index is -5.68. The maximum Gasteiger partial charge on any atom is 0.490 e. The number of phosphoric ester groups is 1. The highest BCUT2D eigenvalue weighted by molar-refractivity contribution is 7.66. The largest absolute Gasteiger partial charge is 0.490 e. The van der Waals surface area contributed by atoms with Gasteiger partial charge in [-0.05, 0) is 81.7 Å². The lowest BCUT2D eigenvalue weighted by Crippen LogP contribution is -2.39. The lowest BCUT2D eigenvalue weighted by molar-refractivity contribution is -0.121. The van der Waals surface area contributed by atoms with E-state index in [4.69, 9.17) is 29.5 Å². The zero-order valence-corrected chi connectivity index (χ0v) is 43.7. The van der Waals surface area contributed by atoms with Crippen molar-refractivity contribution in [1.29, 1.82) is 0 Å². The molecule has 9 rings (SSSR count). The summed E-state index contributed by atoms with van der Waals surface area (Å²) in [5, 5.41) is 5.40. The van der Waals surface area contributed by atoms with Gasteiger partial charge in [0.1, 0.15) is 48.6 Å². The third-order valence-corrected chi connectivity index (χ3v) is 17.3. The minimum absolute atomic E-state index is 0.00547. The molecule has 4 aliphatic heterocycles. The average molecular weight is 1080 g/mol. The quantitative estimate of drug-likeness (QED) is 0.0412. The average Bonchev–Trinajstić information content (AvgIpc) is 3.99. The van der Waals surface area contributed by atoms with Crippen molar-refractivity contribution in [2.75, 3.05) is 63.6 Å². The summed E-state index contributed by atoms with van der Waals surface area (Å²) in [6.45, 7) is 7.83. The number of nitrogens with two attached hydrogens (primary N) is 1. The molecule has 2 aromatic heterocycles. The fraction of sp³-hybridized carbons (Fsp3) is 0.408. The van der Waals surface area contributed by atoms with Crippen LogP contribution in [0, 0.1) is 11.8 Å². The number of phosphoric acid groups is 3. The van der Waals surface area contributed by atoms with E-state index in [1.54, 1.807) is 22.7 Å². The van der Waals surface area contributed by atoms with E-state index in [0.29, 0.717) is 41.5 Å². The van der Waals surface area contributed by atoms with E-state index in [2.05, 4.69) is 83.3 Å². The number of benzene rings is 3. The van der Waals surface area contributed by atoms with Crippen LogP contribution in [0.3, 0.4) is 0 Å². The zero-order valence-electron chi connectivity index (χ0n) is 41.0. The second-order valence-electron chi connectivity index (χ2n) is 18.3. The smallest absolute Gasteiger partial charge is 0.456 e. The number of hydrogen-bond donors (Lipinski definition) is 6. The van der Waals surface area contributed by atoms with Crippen molar-refractivity contribution < 1.29 is 65.5 Å². The molecule has 6 heterocycles. The molecule has 4 aliphatic rings. The van der Waals surface area contributed by atoms with Crippen molar-refractivity contribution >= 4 is 63.4 Å². The number of anilines is 2. The van der Waals surface area contributed by atoms with Gasteiger partial charge in [0.2, 0.25) is 11.3 Å². The first-order valence-electron chi connectivity index (χ1n) is 24.4. The Bertz CT molecular complexity index is 3390. The molecule has 3 aromatic carbocycles. The Balaban J connectivity index is 0.848. The van der Waals surface area contributed by atoms with Gasteiger partial charge in [-0.15, -0.1) is 0 Å². The molecule has 7 N–H and O–H groups in total. The molecule has 1 fully saturated rings. The number of hydrogen-bond acceptors (Lipinski definition) is 14. The first-order chi connectivity index (χ1) is 35.3. The molecule has 5 aromatic rings. The van der Waals surface area contributed by atoms with Crippen LogP contribution in [-0.2, 0) is 49.2 Å². The van der Waals surface area contributed by atoms with Crippen molar-refractivity contribution in [1.82, 2.24) is 29.3 Å². The fourth-order valence-electron chi connectivity index (χ4n) is 10.1. The Labute approximate surface area is 426 Å².